The Kier molecular flexibility index (Phi) is 4.61. The summed E-state index contributed by atoms with van der Waals surface area (Å²) in [7, 11) is 0. The zero-order chi connectivity index (χ0) is 13.8. The van der Waals surface area contributed by atoms with Crippen LogP contribution < -0.4 is 10.5 Å². The minimum absolute atomic E-state index is 0.00193. The van der Waals surface area contributed by atoms with Crippen LogP contribution in [-0.4, -0.2) is 11.1 Å². The van der Waals surface area contributed by atoms with E-state index in [9.17, 15) is 0 Å². The maximum Gasteiger partial charge on any atom is 0.127 e. The van der Waals surface area contributed by atoms with Crippen molar-refractivity contribution >= 4 is 39.6 Å². The molecule has 0 saturated heterocycles. The summed E-state index contributed by atoms with van der Waals surface area (Å²) >= 11 is 11.1. The van der Waals surface area contributed by atoms with Crippen LogP contribution in [0.2, 0.25) is 5.02 Å². The summed E-state index contributed by atoms with van der Waals surface area (Å²) in [6.45, 7) is 2.06. The fraction of sp³-hybridized carbons (Fsp3) is 0.267. The molecule has 0 heterocycles. The van der Waals surface area contributed by atoms with E-state index in [0.29, 0.717) is 11.4 Å². The molecule has 0 aromatic heterocycles. The number of hydrogen-bond donors (Lipinski definition) is 1. The average Bonchev–Trinajstić information content (AvgIpc) is 2.41. The zero-order valence-electron chi connectivity index (χ0n) is 10.7. The highest BCUT2D eigenvalue weighted by molar-refractivity contribution is 7.80. The number of benzene rings is 2. The van der Waals surface area contributed by atoms with Gasteiger partial charge >= 0.3 is 0 Å². The lowest BCUT2D eigenvalue weighted by Gasteiger charge is -2.18. The largest absolute Gasteiger partial charge is 0.489 e. The van der Waals surface area contributed by atoms with Crippen LogP contribution in [-0.2, 0) is 0 Å². The zero-order valence-corrected chi connectivity index (χ0v) is 12.3. The molecular weight excluding hydrogens is 278 g/mol. The van der Waals surface area contributed by atoms with Gasteiger partial charge in [-0.15, -0.1) is 0 Å². The molecular formula is C15H16ClNOS. The van der Waals surface area contributed by atoms with Crippen LogP contribution in [0.5, 0.6) is 5.75 Å². The Morgan fingerprint density at radius 1 is 1.26 bits per heavy atom. The summed E-state index contributed by atoms with van der Waals surface area (Å²) in [6, 6.07) is 11.7. The highest BCUT2D eigenvalue weighted by Crippen LogP contribution is 2.32. The Bertz CT molecular complexity index is 600. The molecule has 2 nitrogen and oxygen atoms in total. The number of ether oxygens (including phenoxy) is 1. The Hall–Kier alpha value is -1.32. The molecule has 0 radical (unpaired) electrons. The van der Waals surface area contributed by atoms with Gasteiger partial charge in [0.1, 0.15) is 11.9 Å². The van der Waals surface area contributed by atoms with Gasteiger partial charge in [0.2, 0.25) is 0 Å². The molecule has 1 atom stereocenters. The van der Waals surface area contributed by atoms with E-state index in [2.05, 4.69) is 6.92 Å². The second-order valence-corrected chi connectivity index (χ2v) is 5.34. The van der Waals surface area contributed by atoms with Crippen molar-refractivity contribution in [3.63, 3.8) is 0 Å². The van der Waals surface area contributed by atoms with E-state index in [1.807, 2.05) is 36.4 Å². The number of fused-ring (bicyclic) bond motifs is 1. The first-order chi connectivity index (χ1) is 9.11. The maximum absolute atomic E-state index is 6.19. The Labute approximate surface area is 123 Å². The van der Waals surface area contributed by atoms with Gasteiger partial charge in [0, 0.05) is 22.2 Å². The van der Waals surface area contributed by atoms with Crippen molar-refractivity contribution in [1.82, 2.24) is 0 Å². The number of rotatable bonds is 5. The van der Waals surface area contributed by atoms with Crippen LogP contribution >= 0.6 is 23.8 Å². The van der Waals surface area contributed by atoms with E-state index in [1.165, 1.54) is 0 Å². The van der Waals surface area contributed by atoms with E-state index in [4.69, 9.17) is 34.3 Å². The summed E-state index contributed by atoms with van der Waals surface area (Å²) in [6.07, 6.45) is 1.44. The molecule has 0 aliphatic carbocycles. The fourth-order valence-electron chi connectivity index (χ4n) is 2.01. The van der Waals surface area contributed by atoms with Crippen molar-refractivity contribution < 1.29 is 4.74 Å². The third-order valence-electron chi connectivity index (χ3n) is 3.01. The molecule has 0 fully saturated rings. The average molecular weight is 294 g/mol. The molecule has 0 saturated carbocycles. The Morgan fingerprint density at radius 3 is 2.58 bits per heavy atom. The van der Waals surface area contributed by atoms with Crippen LogP contribution in [0, 0.1) is 0 Å². The fourth-order valence-corrected chi connectivity index (χ4v) is 2.42. The van der Waals surface area contributed by atoms with Crippen LogP contribution in [0.25, 0.3) is 10.8 Å². The van der Waals surface area contributed by atoms with E-state index in [0.717, 1.165) is 28.0 Å². The minimum atomic E-state index is 0.00193. The SMILES string of the molecule is CCC(CC(N)=S)Oc1ccc(Cl)c2ccccc12. The van der Waals surface area contributed by atoms with Gasteiger partial charge in [-0.1, -0.05) is 55.0 Å². The molecule has 0 bridgehead atoms. The second kappa shape index (κ2) is 6.22. The number of nitrogens with two attached hydrogens (primary N) is 1. The summed E-state index contributed by atoms with van der Waals surface area (Å²) in [5.74, 6) is 0.822. The van der Waals surface area contributed by atoms with Gasteiger partial charge in [-0.25, -0.2) is 0 Å². The monoisotopic (exact) mass is 293 g/mol. The Morgan fingerprint density at radius 2 is 1.95 bits per heavy atom. The van der Waals surface area contributed by atoms with Crippen molar-refractivity contribution in [2.24, 2.45) is 5.73 Å². The van der Waals surface area contributed by atoms with Crippen LogP contribution in [0.15, 0.2) is 36.4 Å². The number of hydrogen-bond acceptors (Lipinski definition) is 2. The third-order valence-corrected chi connectivity index (χ3v) is 3.50. The van der Waals surface area contributed by atoms with Crippen molar-refractivity contribution in [3.05, 3.63) is 41.4 Å². The molecule has 19 heavy (non-hydrogen) atoms. The molecule has 0 amide bonds. The van der Waals surface area contributed by atoms with Gasteiger partial charge in [0.25, 0.3) is 0 Å². The van der Waals surface area contributed by atoms with E-state index in [-0.39, 0.29) is 6.10 Å². The van der Waals surface area contributed by atoms with Crippen molar-refractivity contribution in [1.29, 1.82) is 0 Å². The van der Waals surface area contributed by atoms with Crippen molar-refractivity contribution in [2.45, 2.75) is 25.9 Å². The normalized spacial score (nSPS) is 12.3. The smallest absolute Gasteiger partial charge is 0.127 e. The summed E-state index contributed by atoms with van der Waals surface area (Å²) in [5, 5.41) is 2.73. The van der Waals surface area contributed by atoms with Crippen molar-refractivity contribution in [2.75, 3.05) is 0 Å². The molecule has 0 aliphatic heterocycles. The predicted octanol–water partition coefficient (Wildman–Crippen LogP) is 4.33. The highest BCUT2D eigenvalue weighted by atomic mass is 35.5. The Balaban J connectivity index is 2.35. The van der Waals surface area contributed by atoms with Gasteiger partial charge in [-0.05, 0) is 18.6 Å². The topological polar surface area (TPSA) is 35.2 Å². The van der Waals surface area contributed by atoms with Crippen molar-refractivity contribution in [3.8, 4) is 5.75 Å². The molecule has 2 aromatic rings. The number of halogens is 1. The molecule has 1 unspecified atom stereocenters. The summed E-state index contributed by atoms with van der Waals surface area (Å²) in [5.41, 5.74) is 5.59. The van der Waals surface area contributed by atoms with Gasteiger partial charge in [-0.2, -0.15) is 0 Å². The summed E-state index contributed by atoms with van der Waals surface area (Å²) in [4.78, 5) is 0.477. The third kappa shape index (κ3) is 3.37. The lowest BCUT2D eigenvalue weighted by Crippen LogP contribution is -2.23. The summed E-state index contributed by atoms with van der Waals surface area (Å²) < 4.78 is 6.02. The lowest BCUT2D eigenvalue weighted by atomic mass is 10.1. The lowest BCUT2D eigenvalue weighted by molar-refractivity contribution is 0.208. The molecule has 2 N–H and O–H groups in total. The molecule has 0 aliphatic rings. The molecule has 2 aromatic carbocycles. The van der Waals surface area contributed by atoms with Gasteiger partial charge < -0.3 is 10.5 Å². The highest BCUT2D eigenvalue weighted by Gasteiger charge is 2.12. The molecule has 2 rings (SSSR count). The van der Waals surface area contributed by atoms with E-state index >= 15 is 0 Å². The van der Waals surface area contributed by atoms with Gasteiger partial charge in [0.05, 0.1) is 4.99 Å². The molecule has 100 valence electrons. The molecule has 4 heteroatoms. The second-order valence-electron chi connectivity index (χ2n) is 4.41. The number of thiocarbonyl (C=S) groups is 1. The first-order valence-corrected chi connectivity index (χ1v) is 7.02. The minimum Gasteiger partial charge on any atom is -0.489 e. The standard InChI is InChI=1S/C15H16ClNOS/c1-2-10(9-15(17)19)18-14-8-7-13(16)11-5-3-4-6-12(11)14/h3-8,10H,2,9H2,1H3,(H2,17,19). The first kappa shape index (κ1) is 14.1. The van der Waals surface area contributed by atoms with E-state index < -0.39 is 0 Å². The van der Waals surface area contributed by atoms with Crippen LogP contribution in [0.3, 0.4) is 0 Å². The quantitative estimate of drug-likeness (QED) is 0.834. The van der Waals surface area contributed by atoms with Crippen LogP contribution in [0.4, 0.5) is 0 Å². The first-order valence-electron chi connectivity index (χ1n) is 6.24. The van der Waals surface area contributed by atoms with E-state index in [1.54, 1.807) is 0 Å². The van der Waals surface area contributed by atoms with Crippen LogP contribution in [0.1, 0.15) is 19.8 Å². The maximum atomic E-state index is 6.19. The molecule has 0 spiro atoms. The van der Waals surface area contributed by atoms with Gasteiger partial charge in [0.15, 0.2) is 0 Å². The van der Waals surface area contributed by atoms with Gasteiger partial charge in [-0.3, -0.25) is 0 Å². The predicted molar refractivity (Wildman–Crippen MR) is 85.1 cm³/mol.